The monoisotopic (exact) mass is 699 g/mol. The van der Waals surface area contributed by atoms with E-state index < -0.39 is 0 Å². The third kappa shape index (κ3) is 4.85. The molecular formula is C31H24IrNO2S2-. The summed E-state index contributed by atoms with van der Waals surface area (Å²) in [4.78, 5) is 4.67. The molecule has 0 aliphatic carbocycles. The molecule has 3 nitrogen and oxygen atoms in total. The van der Waals surface area contributed by atoms with Crippen molar-refractivity contribution < 1.29 is 30.3 Å². The van der Waals surface area contributed by atoms with Gasteiger partial charge in [-0.15, -0.1) is 58.6 Å². The summed E-state index contributed by atoms with van der Waals surface area (Å²) in [5.74, 6) is 0. The molecule has 0 saturated heterocycles. The van der Waals surface area contributed by atoms with Gasteiger partial charge in [-0.2, -0.15) is 0 Å². The Kier molecular flexibility index (Phi) is 8.83. The normalized spacial score (nSPS) is 10.5. The third-order valence-corrected chi connectivity index (χ3v) is 8.28. The number of rotatable bonds is 2. The van der Waals surface area contributed by atoms with Gasteiger partial charge in [0.1, 0.15) is 0 Å². The van der Waals surface area contributed by atoms with Crippen LogP contribution in [0.3, 0.4) is 0 Å². The zero-order chi connectivity index (χ0) is 25.1. The van der Waals surface area contributed by atoms with Crippen molar-refractivity contribution in [3.05, 3.63) is 103 Å². The number of benzene rings is 4. The second-order valence-electron chi connectivity index (χ2n) is 7.90. The maximum Gasteiger partial charge on any atom is 0.0376 e. The Hall–Kier alpha value is -2.96. The van der Waals surface area contributed by atoms with E-state index in [0.29, 0.717) is 0 Å². The van der Waals surface area contributed by atoms with E-state index in [9.17, 15) is 0 Å². The number of aromatic nitrogens is 1. The second kappa shape index (κ2) is 12.1. The van der Waals surface area contributed by atoms with E-state index >= 15 is 0 Å². The van der Waals surface area contributed by atoms with Gasteiger partial charge in [-0.3, -0.25) is 0 Å². The summed E-state index contributed by atoms with van der Waals surface area (Å²) < 4.78 is 5.34. The molecule has 0 spiro atoms. The summed E-state index contributed by atoms with van der Waals surface area (Å²) in [5.41, 5.74) is 4.48. The van der Waals surface area contributed by atoms with Crippen LogP contribution >= 0.6 is 22.7 Å². The Labute approximate surface area is 237 Å². The van der Waals surface area contributed by atoms with Gasteiger partial charge in [0.05, 0.1) is 0 Å². The van der Waals surface area contributed by atoms with Crippen LogP contribution in [0.4, 0.5) is 0 Å². The van der Waals surface area contributed by atoms with Gasteiger partial charge >= 0.3 is 0 Å². The zero-order valence-corrected chi connectivity index (χ0v) is 24.3. The van der Waals surface area contributed by atoms with Crippen LogP contribution in [0.5, 0.6) is 0 Å². The van der Waals surface area contributed by atoms with E-state index in [1.807, 2.05) is 47.1 Å². The molecule has 0 fully saturated rings. The molecule has 0 amide bonds. The number of aliphatic hydroxyl groups is 2. The summed E-state index contributed by atoms with van der Waals surface area (Å²) in [5, 5.41) is 19.3. The molecule has 7 aromatic rings. The van der Waals surface area contributed by atoms with Crippen molar-refractivity contribution >= 4 is 63.0 Å². The van der Waals surface area contributed by atoms with Crippen LogP contribution < -0.4 is 0 Å². The van der Waals surface area contributed by atoms with Crippen LogP contribution in [-0.2, 0) is 20.1 Å². The largest absolute Gasteiger partial charge is 0.400 e. The Balaban J connectivity index is 0.000000613. The van der Waals surface area contributed by atoms with Gasteiger partial charge in [0.2, 0.25) is 0 Å². The Morgan fingerprint density at radius 2 is 1.22 bits per heavy atom. The van der Waals surface area contributed by atoms with Gasteiger partial charge in [0, 0.05) is 80.9 Å². The van der Waals surface area contributed by atoms with Crippen molar-refractivity contribution in [2.45, 2.75) is 0 Å². The minimum absolute atomic E-state index is 0. The molecule has 0 aliphatic heterocycles. The van der Waals surface area contributed by atoms with Crippen LogP contribution in [0.25, 0.3) is 62.7 Å². The molecule has 0 unspecified atom stereocenters. The van der Waals surface area contributed by atoms with E-state index in [1.54, 1.807) is 0 Å². The molecular weight excluding hydrogens is 675 g/mol. The second-order valence-corrected chi connectivity index (χ2v) is 10.1. The van der Waals surface area contributed by atoms with Crippen LogP contribution in [0, 0.1) is 6.07 Å². The molecule has 3 heterocycles. The fourth-order valence-corrected chi connectivity index (χ4v) is 7.05. The molecule has 37 heavy (non-hydrogen) atoms. The van der Waals surface area contributed by atoms with Gasteiger partial charge in [-0.25, -0.2) is 0 Å². The van der Waals surface area contributed by atoms with E-state index in [4.69, 9.17) is 10.2 Å². The molecule has 0 atom stereocenters. The number of aliphatic hydroxyl groups excluding tert-OH is 2. The summed E-state index contributed by atoms with van der Waals surface area (Å²) in [6.45, 7) is 0. The molecule has 0 aliphatic rings. The van der Waals surface area contributed by atoms with Crippen molar-refractivity contribution in [2.24, 2.45) is 0 Å². The van der Waals surface area contributed by atoms with Gasteiger partial charge in [0.25, 0.3) is 0 Å². The topological polar surface area (TPSA) is 53.4 Å². The molecule has 0 bridgehead atoms. The molecule has 1 radical (unpaired) electrons. The molecule has 6 heteroatoms. The number of fused-ring (bicyclic) bond motifs is 6. The zero-order valence-electron chi connectivity index (χ0n) is 20.2. The van der Waals surface area contributed by atoms with E-state index in [1.165, 1.54) is 51.5 Å². The molecule has 0 saturated carbocycles. The van der Waals surface area contributed by atoms with E-state index in [2.05, 4.69) is 83.8 Å². The van der Waals surface area contributed by atoms with E-state index in [0.717, 1.165) is 25.5 Å². The molecule has 187 valence electrons. The maximum atomic E-state index is 7.00. The first-order chi connectivity index (χ1) is 17.9. The molecule has 4 aromatic carbocycles. The minimum Gasteiger partial charge on any atom is -0.400 e. The standard InChI is InChI=1S/C29H16NS2.2CH4O.Ir/c1-2-8-18(9-3-1)22-16-19(14-15-30-22)27-28-20-10-4-6-12-23(20)31-25(28)17-26-29(27)21-11-5-7-13-24(21)32-26;2*1-2;/h1-8,10-17H;2*2H,1H3;/q-1;;;. The van der Waals surface area contributed by atoms with E-state index in [-0.39, 0.29) is 20.1 Å². The van der Waals surface area contributed by atoms with Crippen molar-refractivity contribution in [1.29, 1.82) is 0 Å². The molecule has 7 rings (SSSR count). The maximum absolute atomic E-state index is 7.00. The first-order valence-corrected chi connectivity index (χ1v) is 13.1. The van der Waals surface area contributed by atoms with Gasteiger partial charge < -0.3 is 15.2 Å². The molecule has 3 aromatic heterocycles. The van der Waals surface area contributed by atoms with Gasteiger partial charge in [-0.05, 0) is 41.1 Å². The number of pyridine rings is 1. The number of hydrogen-bond acceptors (Lipinski definition) is 5. The SMILES string of the molecule is CO.CO.[Ir].[c-]1ccccc1-c1cc(-c2c3c(cc4sc5ccccc5c24)sc2ccccc23)ccn1. The fourth-order valence-electron chi connectivity index (χ4n) is 4.67. The quantitative estimate of drug-likeness (QED) is 0.179. The van der Waals surface area contributed by atoms with Crippen molar-refractivity contribution in [3.8, 4) is 22.4 Å². The summed E-state index contributed by atoms with van der Waals surface area (Å²) in [7, 11) is 2.00. The van der Waals surface area contributed by atoms with Crippen LogP contribution in [0.15, 0.2) is 97.2 Å². The average Bonchev–Trinajstić information content (AvgIpc) is 3.52. The predicted molar refractivity (Wildman–Crippen MR) is 156 cm³/mol. The van der Waals surface area contributed by atoms with Crippen molar-refractivity contribution in [2.75, 3.05) is 14.2 Å². The van der Waals surface area contributed by atoms with Crippen LogP contribution in [0.2, 0.25) is 0 Å². The summed E-state index contributed by atoms with van der Waals surface area (Å²) in [6.07, 6.45) is 1.93. The summed E-state index contributed by atoms with van der Waals surface area (Å²) in [6, 6.07) is 35.7. The molecule has 2 N–H and O–H groups in total. The van der Waals surface area contributed by atoms with Crippen LogP contribution in [-0.4, -0.2) is 29.4 Å². The fraction of sp³-hybridized carbons (Fsp3) is 0.0645. The summed E-state index contributed by atoms with van der Waals surface area (Å²) >= 11 is 3.76. The van der Waals surface area contributed by atoms with Crippen molar-refractivity contribution in [1.82, 2.24) is 4.98 Å². The number of thiophene rings is 2. The first-order valence-electron chi connectivity index (χ1n) is 11.5. The first kappa shape index (κ1) is 27.1. The predicted octanol–water partition coefficient (Wildman–Crippen LogP) is 8.17. The number of hydrogen-bond donors (Lipinski definition) is 2. The Morgan fingerprint density at radius 1 is 0.649 bits per heavy atom. The average molecular weight is 699 g/mol. The van der Waals surface area contributed by atoms with Gasteiger partial charge in [0.15, 0.2) is 0 Å². The van der Waals surface area contributed by atoms with Gasteiger partial charge in [-0.1, -0.05) is 42.5 Å². The smallest absolute Gasteiger partial charge is 0.0376 e. The Bertz CT molecular complexity index is 1700. The van der Waals surface area contributed by atoms with Crippen LogP contribution in [0.1, 0.15) is 0 Å². The number of nitrogens with zero attached hydrogens (tertiary/aromatic N) is 1. The Morgan fingerprint density at radius 3 is 1.78 bits per heavy atom. The third-order valence-electron chi connectivity index (χ3n) is 6.04. The minimum atomic E-state index is 0. The van der Waals surface area contributed by atoms with Crippen molar-refractivity contribution in [3.63, 3.8) is 0 Å².